The highest BCUT2D eigenvalue weighted by Gasteiger charge is 2.24. The Hall–Kier alpha value is -1.20. The largest absolute Gasteiger partial charge is 0.466 e. The highest BCUT2D eigenvalue weighted by Crippen LogP contribution is 2.22. The van der Waals surface area contributed by atoms with Gasteiger partial charge in [0.2, 0.25) is 0 Å². The van der Waals surface area contributed by atoms with Gasteiger partial charge >= 0.3 is 5.97 Å². The van der Waals surface area contributed by atoms with Crippen LogP contribution in [-0.4, -0.2) is 21.5 Å². The molecular weight excluding hydrogens is 298 g/mol. The van der Waals surface area contributed by atoms with Gasteiger partial charge in [0.25, 0.3) is 0 Å². The number of hydrogen-bond donors (Lipinski definition) is 1. The van der Waals surface area contributed by atoms with Crippen molar-refractivity contribution in [3.63, 3.8) is 0 Å². The molecule has 0 amide bonds. The summed E-state index contributed by atoms with van der Waals surface area (Å²) in [5.41, 5.74) is 2.21. The van der Waals surface area contributed by atoms with Gasteiger partial charge in [-0.15, -0.1) is 0 Å². The first-order chi connectivity index (χ1) is 10.2. The zero-order chi connectivity index (χ0) is 16.8. The Bertz CT molecular complexity index is 506. The van der Waals surface area contributed by atoms with Gasteiger partial charge in [-0.05, 0) is 46.6 Å². The summed E-state index contributed by atoms with van der Waals surface area (Å²) < 4.78 is 20.1. The number of carbonyl (C=O) groups excluding carboxylic acids is 1. The summed E-state index contributed by atoms with van der Waals surface area (Å²) >= 11 is 0. The van der Waals surface area contributed by atoms with E-state index in [4.69, 9.17) is 4.74 Å². The van der Waals surface area contributed by atoms with Crippen molar-refractivity contribution in [3.8, 4) is 0 Å². The fourth-order valence-corrected chi connectivity index (χ4v) is 2.76. The van der Waals surface area contributed by atoms with E-state index in [1.54, 1.807) is 6.92 Å². The van der Waals surface area contributed by atoms with Crippen LogP contribution in [0, 0.1) is 6.92 Å². The average molecular weight is 325 g/mol. The van der Waals surface area contributed by atoms with Crippen LogP contribution in [0.5, 0.6) is 0 Å². The summed E-state index contributed by atoms with van der Waals surface area (Å²) in [6.07, 6.45) is 0.866. The molecule has 124 valence electrons. The first-order valence-corrected chi connectivity index (χ1v) is 8.79. The minimum Gasteiger partial charge on any atom is -0.466 e. The Morgan fingerprint density at radius 3 is 2.36 bits per heavy atom. The molecular formula is C17H27NO3S. The van der Waals surface area contributed by atoms with Crippen molar-refractivity contribution >= 4 is 17.0 Å². The molecule has 0 saturated heterocycles. The molecule has 0 heterocycles. The third kappa shape index (κ3) is 6.28. The highest BCUT2D eigenvalue weighted by atomic mass is 32.2. The lowest BCUT2D eigenvalue weighted by Crippen LogP contribution is -2.36. The minimum absolute atomic E-state index is 0.134. The van der Waals surface area contributed by atoms with Crippen molar-refractivity contribution in [2.24, 2.45) is 0 Å². The minimum atomic E-state index is -1.19. The van der Waals surface area contributed by atoms with Crippen LogP contribution in [-0.2, 0) is 20.5 Å². The SMILES string of the molecule is CCOC(=O)CC[C@@H](NS(=O)C(C)(C)C)c1ccc(C)cc1. The lowest BCUT2D eigenvalue weighted by molar-refractivity contribution is -0.143. The lowest BCUT2D eigenvalue weighted by atomic mass is 10.0. The van der Waals surface area contributed by atoms with Crippen LogP contribution in [0.2, 0.25) is 0 Å². The normalized spacial score (nSPS) is 14.4. The van der Waals surface area contributed by atoms with Gasteiger partial charge in [0.15, 0.2) is 0 Å². The highest BCUT2D eigenvalue weighted by molar-refractivity contribution is 7.84. The smallest absolute Gasteiger partial charge is 0.305 e. The summed E-state index contributed by atoms with van der Waals surface area (Å²) in [6, 6.07) is 7.93. The van der Waals surface area contributed by atoms with Crippen LogP contribution in [0.3, 0.4) is 0 Å². The Labute approximate surface area is 136 Å². The standard InChI is InChI=1S/C17H27NO3S/c1-6-21-16(19)12-11-15(18-22(20)17(3,4)5)14-9-7-13(2)8-10-14/h7-10,15,18H,6,11-12H2,1-5H3/t15-,22?/m1/s1. The number of nitrogens with one attached hydrogen (secondary N) is 1. The zero-order valence-electron chi connectivity index (χ0n) is 14.1. The predicted molar refractivity (Wildman–Crippen MR) is 90.8 cm³/mol. The lowest BCUT2D eigenvalue weighted by Gasteiger charge is -2.24. The van der Waals surface area contributed by atoms with Crippen molar-refractivity contribution in [2.75, 3.05) is 6.61 Å². The Morgan fingerprint density at radius 1 is 1.27 bits per heavy atom. The van der Waals surface area contributed by atoms with E-state index in [-0.39, 0.29) is 16.8 Å². The second kappa shape index (κ2) is 8.44. The van der Waals surface area contributed by atoms with Crippen molar-refractivity contribution in [3.05, 3.63) is 35.4 Å². The maximum absolute atomic E-state index is 12.4. The Kier molecular flexibility index (Phi) is 7.23. The van der Waals surface area contributed by atoms with Gasteiger partial charge in [0.05, 0.1) is 22.3 Å². The molecule has 0 fully saturated rings. The molecule has 0 aliphatic heterocycles. The molecule has 2 atom stereocenters. The molecule has 0 radical (unpaired) electrons. The Morgan fingerprint density at radius 2 is 1.86 bits per heavy atom. The number of ether oxygens (including phenoxy) is 1. The van der Waals surface area contributed by atoms with Crippen molar-refractivity contribution in [2.45, 2.75) is 58.2 Å². The molecule has 0 spiro atoms. The zero-order valence-corrected chi connectivity index (χ0v) is 15.0. The summed E-state index contributed by atoms with van der Waals surface area (Å²) in [5.74, 6) is -0.219. The van der Waals surface area contributed by atoms with Gasteiger partial charge in [0.1, 0.15) is 0 Å². The molecule has 22 heavy (non-hydrogen) atoms. The number of rotatable bonds is 7. The average Bonchev–Trinajstić information content (AvgIpc) is 2.43. The molecule has 5 heteroatoms. The summed E-state index contributed by atoms with van der Waals surface area (Å²) in [6.45, 7) is 9.98. The van der Waals surface area contributed by atoms with Crippen LogP contribution in [0.25, 0.3) is 0 Å². The number of carbonyl (C=O) groups is 1. The number of aryl methyl sites for hydroxylation is 1. The van der Waals surface area contributed by atoms with E-state index in [0.717, 1.165) is 5.56 Å². The molecule has 1 aromatic carbocycles. The summed E-state index contributed by atoms with van der Waals surface area (Å²) in [4.78, 5) is 11.6. The van der Waals surface area contributed by atoms with E-state index in [2.05, 4.69) is 4.72 Å². The van der Waals surface area contributed by atoms with E-state index in [1.165, 1.54) is 5.56 Å². The van der Waals surface area contributed by atoms with Crippen LogP contribution in [0.1, 0.15) is 57.7 Å². The van der Waals surface area contributed by atoms with Crippen LogP contribution >= 0.6 is 0 Å². The van der Waals surface area contributed by atoms with Crippen LogP contribution < -0.4 is 4.72 Å². The number of benzene rings is 1. The van der Waals surface area contributed by atoms with E-state index >= 15 is 0 Å². The molecule has 0 aliphatic carbocycles. The van der Waals surface area contributed by atoms with Gasteiger partial charge in [-0.25, -0.2) is 8.93 Å². The van der Waals surface area contributed by atoms with Crippen LogP contribution in [0.15, 0.2) is 24.3 Å². The second-order valence-corrected chi connectivity index (χ2v) is 8.30. The molecule has 0 aliphatic rings. The third-order valence-electron chi connectivity index (χ3n) is 3.23. The predicted octanol–water partition coefficient (Wildman–Crippen LogP) is 3.43. The van der Waals surface area contributed by atoms with Crippen molar-refractivity contribution in [1.82, 2.24) is 4.72 Å². The third-order valence-corrected chi connectivity index (χ3v) is 4.84. The monoisotopic (exact) mass is 325 g/mol. The fraction of sp³-hybridized carbons (Fsp3) is 0.588. The maximum atomic E-state index is 12.4. The van der Waals surface area contributed by atoms with Gasteiger partial charge in [-0.3, -0.25) is 4.79 Å². The Balaban J connectivity index is 2.83. The van der Waals surface area contributed by atoms with E-state index < -0.39 is 11.0 Å². The van der Waals surface area contributed by atoms with Gasteiger partial charge in [0, 0.05) is 12.5 Å². The topological polar surface area (TPSA) is 55.4 Å². The first-order valence-electron chi connectivity index (χ1n) is 7.64. The summed E-state index contributed by atoms with van der Waals surface area (Å²) in [7, 11) is -1.19. The molecule has 0 saturated carbocycles. The molecule has 0 bridgehead atoms. The molecule has 1 unspecified atom stereocenters. The van der Waals surface area contributed by atoms with E-state index in [9.17, 15) is 9.00 Å². The number of hydrogen-bond acceptors (Lipinski definition) is 3. The van der Waals surface area contributed by atoms with E-state index in [1.807, 2.05) is 52.0 Å². The molecule has 1 aromatic rings. The first kappa shape index (κ1) is 18.8. The summed E-state index contributed by atoms with van der Waals surface area (Å²) in [5, 5.41) is 0. The van der Waals surface area contributed by atoms with Crippen molar-refractivity contribution in [1.29, 1.82) is 0 Å². The van der Waals surface area contributed by atoms with Gasteiger partial charge < -0.3 is 4.74 Å². The molecule has 0 aromatic heterocycles. The van der Waals surface area contributed by atoms with Crippen LogP contribution in [0.4, 0.5) is 0 Å². The quantitative estimate of drug-likeness (QED) is 0.781. The van der Waals surface area contributed by atoms with E-state index in [0.29, 0.717) is 19.4 Å². The van der Waals surface area contributed by atoms with Gasteiger partial charge in [-0.2, -0.15) is 0 Å². The number of esters is 1. The van der Waals surface area contributed by atoms with Crippen molar-refractivity contribution < 1.29 is 13.7 Å². The molecule has 1 N–H and O–H groups in total. The molecule has 1 rings (SSSR count). The van der Waals surface area contributed by atoms with Gasteiger partial charge in [-0.1, -0.05) is 29.8 Å². The maximum Gasteiger partial charge on any atom is 0.305 e. The second-order valence-electron chi connectivity index (χ2n) is 6.31. The molecule has 4 nitrogen and oxygen atoms in total. The fourth-order valence-electron chi connectivity index (χ4n) is 1.89.